The number of hydrazone groups is 1. The molecule has 0 fully saturated rings. The van der Waals surface area contributed by atoms with Crippen LogP contribution in [0.2, 0.25) is 0 Å². The molecule has 5 heteroatoms. The number of methoxy groups -OCH3 is 1. The Labute approximate surface area is 129 Å². The molecule has 1 atom stereocenters. The molecule has 21 heavy (non-hydrogen) atoms. The van der Waals surface area contributed by atoms with Crippen LogP contribution in [0.4, 0.5) is 0 Å². The Balaban J connectivity index is 2.32. The number of allylic oxidation sites excluding steroid dienone is 1. The summed E-state index contributed by atoms with van der Waals surface area (Å²) in [6, 6.07) is 6.02. The highest BCUT2D eigenvalue weighted by molar-refractivity contribution is 7.98. The first-order valence-corrected chi connectivity index (χ1v) is 8.04. The lowest BCUT2D eigenvalue weighted by atomic mass is 9.93. The zero-order valence-corrected chi connectivity index (χ0v) is 13.6. The zero-order chi connectivity index (χ0) is 15.4. The van der Waals surface area contributed by atoms with E-state index in [-0.39, 0.29) is 11.8 Å². The molecule has 1 aliphatic heterocycles. The van der Waals surface area contributed by atoms with Crippen LogP contribution in [0.25, 0.3) is 6.08 Å². The number of rotatable bonds is 4. The van der Waals surface area contributed by atoms with Gasteiger partial charge in [-0.3, -0.25) is 4.79 Å². The Hall–Kier alpha value is -1.75. The Morgan fingerprint density at radius 1 is 1.52 bits per heavy atom. The number of amides is 1. The van der Waals surface area contributed by atoms with Crippen molar-refractivity contribution in [2.75, 3.05) is 13.4 Å². The number of thioether (sulfide) groups is 1. The number of ether oxygens (including phenoxy) is 1. The SMILES string of the molecule is COc1ccc(C=C(C)C2=NNC(=O)CC2C)c(SC)c1. The smallest absolute Gasteiger partial charge is 0.240 e. The molecule has 1 heterocycles. The molecule has 0 radical (unpaired) electrons. The summed E-state index contributed by atoms with van der Waals surface area (Å²) in [6.07, 6.45) is 4.64. The first-order chi connectivity index (χ1) is 10.0. The molecule has 1 aliphatic rings. The first kappa shape index (κ1) is 15.6. The van der Waals surface area contributed by atoms with Gasteiger partial charge in [-0.05, 0) is 42.5 Å². The Morgan fingerprint density at radius 2 is 2.29 bits per heavy atom. The molecule has 0 saturated heterocycles. The van der Waals surface area contributed by atoms with Gasteiger partial charge in [-0.1, -0.05) is 13.0 Å². The molecular weight excluding hydrogens is 284 g/mol. The summed E-state index contributed by atoms with van der Waals surface area (Å²) >= 11 is 1.68. The molecule has 0 bridgehead atoms. The van der Waals surface area contributed by atoms with Gasteiger partial charge >= 0.3 is 0 Å². The molecule has 1 unspecified atom stereocenters. The van der Waals surface area contributed by atoms with Crippen LogP contribution < -0.4 is 10.2 Å². The molecule has 112 valence electrons. The van der Waals surface area contributed by atoms with Gasteiger partial charge in [0.15, 0.2) is 0 Å². The van der Waals surface area contributed by atoms with Crippen LogP contribution >= 0.6 is 11.8 Å². The first-order valence-electron chi connectivity index (χ1n) is 6.82. The Morgan fingerprint density at radius 3 is 2.90 bits per heavy atom. The van der Waals surface area contributed by atoms with Gasteiger partial charge in [-0.2, -0.15) is 5.10 Å². The Kier molecular flexibility index (Phi) is 5.07. The van der Waals surface area contributed by atoms with Gasteiger partial charge < -0.3 is 4.74 Å². The van der Waals surface area contributed by atoms with Crippen molar-refractivity contribution in [3.05, 3.63) is 29.3 Å². The van der Waals surface area contributed by atoms with Crippen molar-refractivity contribution in [3.63, 3.8) is 0 Å². The summed E-state index contributed by atoms with van der Waals surface area (Å²) in [4.78, 5) is 12.5. The van der Waals surface area contributed by atoms with Crippen molar-refractivity contribution in [2.24, 2.45) is 11.0 Å². The van der Waals surface area contributed by atoms with E-state index in [1.165, 1.54) is 0 Å². The summed E-state index contributed by atoms with van der Waals surface area (Å²) in [7, 11) is 1.67. The van der Waals surface area contributed by atoms with E-state index < -0.39 is 0 Å². The van der Waals surface area contributed by atoms with Crippen LogP contribution in [-0.4, -0.2) is 25.0 Å². The molecular formula is C16H20N2O2S. The lowest BCUT2D eigenvalue weighted by Crippen LogP contribution is -2.31. The van der Waals surface area contributed by atoms with Gasteiger partial charge in [0.2, 0.25) is 5.91 Å². The van der Waals surface area contributed by atoms with Crippen LogP contribution in [-0.2, 0) is 4.79 Å². The number of carbonyl (C=O) groups is 1. The number of nitrogens with one attached hydrogen (secondary N) is 1. The average molecular weight is 304 g/mol. The van der Waals surface area contributed by atoms with Gasteiger partial charge in [-0.25, -0.2) is 5.43 Å². The second-order valence-corrected chi connectivity index (χ2v) is 5.92. The third-order valence-electron chi connectivity index (χ3n) is 3.48. The van der Waals surface area contributed by atoms with Crippen molar-refractivity contribution in [2.45, 2.75) is 25.2 Å². The number of nitrogens with zero attached hydrogens (tertiary/aromatic N) is 1. The predicted molar refractivity (Wildman–Crippen MR) is 87.8 cm³/mol. The normalized spacial score (nSPS) is 19.0. The van der Waals surface area contributed by atoms with Crippen molar-refractivity contribution < 1.29 is 9.53 Å². The Bertz CT molecular complexity index is 608. The maximum absolute atomic E-state index is 11.3. The van der Waals surface area contributed by atoms with Crippen LogP contribution in [0.5, 0.6) is 5.75 Å². The van der Waals surface area contributed by atoms with E-state index in [9.17, 15) is 4.79 Å². The molecule has 0 saturated carbocycles. The maximum Gasteiger partial charge on any atom is 0.240 e. The van der Waals surface area contributed by atoms with E-state index in [0.717, 1.165) is 27.5 Å². The highest BCUT2D eigenvalue weighted by atomic mass is 32.2. The quantitative estimate of drug-likeness (QED) is 0.868. The topological polar surface area (TPSA) is 50.7 Å². The van der Waals surface area contributed by atoms with Crippen LogP contribution in [0, 0.1) is 5.92 Å². The molecule has 4 nitrogen and oxygen atoms in total. The second kappa shape index (κ2) is 6.80. The largest absolute Gasteiger partial charge is 0.497 e. The third kappa shape index (κ3) is 3.67. The van der Waals surface area contributed by atoms with Gasteiger partial charge in [0, 0.05) is 17.2 Å². The summed E-state index contributed by atoms with van der Waals surface area (Å²) in [5.41, 5.74) is 5.71. The fraction of sp³-hybridized carbons (Fsp3) is 0.375. The van der Waals surface area contributed by atoms with Crippen LogP contribution in [0.3, 0.4) is 0 Å². The monoisotopic (exact) mass is 304 g/mol. The minimum absolute atomic E-state index is 0.0201. The van der Waals surface area contributed by atoms with Crippen molar-refractivity contribution in [1.82, 2.24) is 5.43 Å². The third-order valence-corrected chi connectivity index (χ3v) is 4.27. The molecule has 0 aromatic heterocycles. The van der Waals surface area contributed by atoms with Crippen LogP contribution in [0.15, 0.2) is 33.8 Å². The molecule has 1 amide bonds. The molecule has 1 N–H and O–H groups in total. The number of hydrogen-bond acceptors (Lipinski definition) is 4. The van der Waals surface area contributed by atoms with Gasteiger partial charge in [0.05, 0.1) is 12.8 Å². The molecule has 1 aromatic rings. The molecule has 0 aliphatic carbocycles. The van der Waals surface area contributed by atoms with Gasteiger partial charge in [0.25, 0.3) is 0 Å². The summed E-state index contributed by atoms with van der Waals surface area (Å²) < 4.78 is 5.26. The predicted octanol–water partition coefficient (Wildman–Crippen LogP) is 3.33. The second-order valence-electron chi connectivity index (χ2n) is 5.07. The van der Waals surface area contributed by atoms with E-state index in [0.29, 0.717) is 6.42 Å². The van der Waals surface area contributed by atoms with E-state index in [2.05, 4.69) is 16.6 Å². The number of carbonyl (C=O) groups excluding carboxylic acids is 1. The number of benzene rings is 1. The average Bonchev–Trinajstić information content (AvgIpc) is 2.47. The van der Waals surface area contributed by atoms with Gasteiger partial charge in [0.1, 0.15) is 5.75 Å². The van der Waals surface area contributed by atoms with Gasteiger partial charge in [-0.15, -0.1) is 11.8 Å². The van der Waals surface area contributed by atoms with Crippen molar-refractivity contribution in [3.8, 4) is 5.75 Å². The fourth-order valence-electron chi connectivity index (χ4n) is 2.37. The zero-order valence-electron chi connectivity index (χ0n) is 12.8. The lowest BCUT2D eigenvalue weighted by molar-refractivity contribution is -0.121. The highest BCUT2D eigenvalue weighted by Gasteiger charge is 2.21. The van der Waals surface area contributed by atoms with E-state index in [4.69, 9.17) is 4.74 Å². The van der Waals surface area contributed by atoms with E-state index >= 15 is 0 Å². The highest BCUT2D eigenvalue weighted by Crippen LogP contribution is 2.28. The minimum Gasteiger partial charge on any atom is -0.497 e. The maximum atomic E-state index is 11.3. The van der Waals surface area contributed by atoms with Crippen LogP contribution in [0.1, 0.15) is 25.8 Å². The summed E-state index contributed by atoms with van der Waals surface area (Å²) in [5.74, 6) is 0.976. The van der Waals surface area contributed by atoms with E-state index in [1.807, 2.05) is 38.3 Å². The molecule has 0 spiro atoms. The standard InChI is InChI=1S/C16H20N2O2S/c1-10(16-11(2)8-15(19)17-18-16)7-12-5-6-13(20-3)9-14(12)21-4/h5-7,9,11H,8H2,1-4H3,(H,17,19). The van der Waals surface area contributed by atoms with Crippen molar-refractivity contribution in [1.29, 1.82) is 0 Å². The van der Waals surface area contributed by atoms with Crippen molar-refractivity contribution >= 4 is 29.5 Å². The minimum atomic E-state index is -0.0201. The summed E-state index contributed by atoms with van der Waals surface area (Å²) in [6.45, 7) is 4.06. The van der Waals surface area contributed by atoms with E-state index in [1.54, 1.807) is 18.9 Å². The fourth-order valence-corrected chi connectivity index (χ4v) is 2.97. The molecule has 2 rings (SSSR count). The lowest BCUT2D eigenvalue weighted by Gasteiger charge is -2.19. The summed E-state index contributed by atoms with van der Waals surface area (Å²) in [5, 5.41) is 4.19. The number of hydrogen-bond donors (Lipinski definition) is 1. The molecule has 1 aromatic carbocycles.